The second kappa shape index (κ2) is 8.03. The number of nitrogens with one attached hydrogen (secondary N) is 1. The fourth-order valence-electron chi connectivity index (χ4n) is 2.39. The molecule has 1 unspecified atom stereocenters. The molecule has 0 spiro atoms. The number of hydrogen-bond acceptors (Lipinski definition) is 4. The molecule has 0 amide bonds. The summed E-state index contributed by atoms with van der Waals surface area (Å²) in [6.45, 7) is 5.20. The minimum absolute atomic E-state index is 0.340. The molecule has 2 aliphatic rings. The first-order chi connectivity index (χ1) is 8.45. The summed E-state index contributed by atoms with van der Waals surface area (Å²) in [5.74, 6) is 0. The summed E-state index contributed by atoms with van der Waals surface area (Å²) >= 11 is 0. The highest BCUT2D eigenvalue weighted by Crippen LogP contribution is 2.12. The van der Waals surface area contributed by atoms with Gasteiger partial charge in [0.1, 0.15) is 0 Å². The maximum absolute atomic E-state index is 5.65. The van der Waals surface area contributed by atoms with Gasteiger partial charge in [0.2, 0.25) is 0 Å². The third-order valence-corrected chi connectivity index (χ3v) is 3.48. The topological polar surface area (TPSA) is 39.7 Å². The maximum Gasteiger partial charge on any atom is 0.0808 e. The first kappa shape index (κ1) is 13.3. The molecule has 0 aromatic rings. The van der Waals surface area contributed by atoms with Crippen molar-refractivity contribution in [1.82, 2.24) is 5.32 Å². The summed E-state index contributed by atoms with van der Waals surface area (Å²) in [7, 11) is 0. The van der Waals surface area contributed by atoms with Gasteiger partial charge in [-0.15, -0.1) is 0 Å². The predicted octanol–water partition coefficient (Wildman–Crippen LogP) is 1.34. The molecule has 0 saturated carbocycles. The Bertz CT molecular complexity index is 169. The zero-order valence-electron chi connectivity index (χ0n) is 10.7. The van der Waals surface area contributed by atoms with E-state index in [1.165, 1.54) is 12.8 Å². The number of rotatable bonds is 6. The van der Waals surface area contributed by atoms with Gasteiger partial charge in [-0.3, -0.25) is 0 Å². The van der Waals surface area contributed by atoms with Crippen molar-refractivity contribution in [3.63, 3.8) is 0 Å². The molecule has 4 heteroatoms. The Labute approximate surface area is 104 Å². The van der Waals surface area contributed by atoms with E-state index >= 15 is 0 Å². The largest absolute Gasteiger partial charge is 0.381 e. The van der Waals surface area contributed by atoms with Crippen molar-refractivity contribution in [1.29, 1.82) is 0 Å². The van der Waals surface area contributed by atoms with E-state index in [9.17, 15) is 0 Å². The van der Waals surface area contributed by atoms with Gasteiger partial charge in [-0.05, 0) is 32.1 Å². The maximum atomic E-state index is 5.65. The zero-order chi connectivity index (χ0) is 11.8. The van der Waals surface area contributed by atoms with Gasteiger partial charge in [-0.25, -0.2) is 0 Å². The molecule has 0 bridgehead atoms. The molecule has 0 aromatic carbocycles. The summed E-state index contributed by atoms with van der Waals surface area (Å²) in [4.78, 5) is 0. The van der Waals surface area contributed by atoms with E-state index in [4.69, 9.17) is 14.2 Å². The fraction of sp³-hybridized carbons (Fsp3) is 1.00. The van der Waals surface area contributed by atoms with Gasteiger partial charge in [-0.2, -0.15) is 0 Å². The highest BCUT2D eigenvalue weighted by molar-refractivity contribution is 4.69. The molecular formula is C13H25NO3. The Kier molecular flexibility index (Phi) is 6.27. The molecule has 2 fully saturated rings. The molecule has 4 nitrogen and oxygen atoms in total. The first-order valence-electron chi connectivity index (χ1n) is 6.95. The van der Waals surface area contributed by atoms with Crippen LogP contribution in [0.25, 0.3) is 0 Å². The Morgan fingerprint density at radius 1 is 1.06 bits per heavy atom. The average Bonchev–Trinajstić information content (AvgIpc) is 2.41. The van der Waals surface area contributed by atoms with Crippen molar-refractivity contribution in [2.45, 2.75) is 44.2 Å². The van der Waals surface area contributed by atoms with Crippen molar-refractivity contribution in [2.24, 2.45) is 0 Å². The van der Waals surface area contributed by atoms with E-state index in [1.807, 2.05) is 0 Å². The van der Waals surface area contributed by atoms with E-state index in [0.717, 1.165) is 58.8 Å². The minimum atomic E-state index is 0.340. The van der Waals surface area contributed by atoms with Crippen LogP contribution in [0.1, 0.15) is 32.1 Å². The second-order valence-corrected chi connectivity index (χ2v) is 4.90. The summed E-state index contributed by atoms with van der Waals surface area (Å²) in [6, 6.07) is 0.623. The quantitative estimate of drug-likeness (QED) is 0.715. The molecule has 2 aliphatic heterocycles. The lowest BCUT2D eigenvalue weighted by Crippen LogP contribution is -2.37. The van der Waals surface area contributed by atoms with Gasteiger partial charge in [0, 0.05) is 32.4 Å². The first-order valence-corrected chi connectivity index (χ1v) is 6.95. The van der Waals surface area contributed by atoms with E-state index in [0.29, 0.717) is 12.1 Å². The third kappa shape index (κ3) is 5.34. The molecule has 2 rings (SSSR count). The van der Waals surface area contributed by atoms with Gasteiger partial charge in [-0.1, -0.05) is 0 Å². The van der Waals surface area contributed by atoms with E-state index in [-0.39, 0.29) is 0 Å². The van der Waals surface area contributed by atoms with Crippen LogP contribution in [-0.4, -0.2) is 51.7 Å². The molecule has 1 atom stereocenters. The molecule has 100 valence electrons. The molecular weight excluding hydrogens is 218 g/mol. The SMILES string of the molecule is C1CCC(COCCNC2CCOCC2)OC1. The Morgan fingerprint density at radius 3 is 2.71 bits per heavy atom. The average molecular weight is 243 g/mol. The standard InChI is InChI=1S/C13H25NO3/c1-2-7-17-13(3-1)11-16-10-6-14-12-4-8-15-9-5-12/h12-14H,1-11H2. The summed E-state index contributed by atoms with van der Waals surface area (Å²) in [6.07, 6.45) is 6.26. The lowest BCUT2D eigenvalue weighted by atomic mass is 10.1. The molecule has 2 saturated heterocycles. The van der Waals surface area contributed by atoms with Crippen molar-refractivity contribution >= 4 is 0 Å². The molecule has 0 aromatic heterocycles. The van der Waals surface area contributed by atoms with Gasteiger partial charge in [0.25, 0.3) is 0 Å². The lowest BCUT2D eigenvalue weighted by Gasteiger charge is -2.24. The van der Waals surface area contributed by atoms with Crippen molar-refractivity contribution in [3.8, 4) is 0 Å². The zero-order valence-corrected chi connectivity index (χ0v) is 10.7. The molecule has 2 heterocycles. The summed E-state index contributed by atoms with van der Waals surface area (Å²) < 4.78 is 16.6. The second-order valence-electron chi connectivity index (χ2n) is 4.90. The van der Waals surface area contributed by atoms with Crippen LogP contribution in [0.15, 0.2) is 0 Å². The number of ether oxygens (including phenoxy) is 3. The van der Waals surface area contributed by atoms with Crippen LogP contribution >= 0.6 is 0 Å². The van der Waals surface area contributed by atoms with Crippen LogP contribution in [0.3, 0.4) is 0 Å². The molecule has 0 aliphatic carbocycles. The molecule has 1 N–H and O–H groups in total. The van der Waals surface area contributed by atoms with Crippen molar-refractivity contribution in [3.05, 3.63) is 0 Å². The van der Waals surface area contributed by atoms with Crippen LogP contribution in [0, 0.1) is 0 Å². The normalized spacial score (nSPS) is 27.2. The highest BCUT2D eigenvalue weighted by atomic mass is 16.5. The van der Waals surface area contributed by atoms with Gasteiger partial charge in [0.05, 0.1) is 19.3 Å². The van der Waals surface area contributed by atoms with Crippen molar-refractivity contribution in [2.75, 3.05) is 39.6 Å². The molecule has 17 heavy (non-hydrogen) atoms. The van der Waals surface area contributed by atoms with Gasteiger partial charge < -0.3 is 19.5 Å². The lowest BCUT2D eigenvalue weighted by molar-refractivity contribution is -0.0404. The van der Waals surface area contributed by atoms with Crippen LogP contribution in [0.4, 0.5) is 0 Å². The van der Waals surface area contributed by atoms with Crippen LogP contribution in [0.5, 0.6) is 0 Å². The van der Waals surface area contributed by atoms with Crippen LogP contribution in [-0.2, 0) is 14.2 Å². The monoisotopic (exact) mass is 243 g/mol. The Morgan fingerprint density at radius 2 is 1.94 bits per heavy atom. The third-order valence-electron chi connectivity index (χ3n) is 3.48. The predicted molar refractivity (Wildman–Crippen MR) is 66.3 cm³/mol. The summed E-state index contributed by atoms with van der Waals surface area (Å²) in [5.41, 5.74) is 0. The molecule has 0 radical (unpaired) electrons. The van der Waals surface area contributed by atoms with Crippen LogP contribution in [0.2, 0.25) is 0 Å². The smallest absolute Gasteiger partial charge is 0.0808 e. The minimum Gasteiger partial charge on any atom is -0.381 e. The Hall–Kier alpha value is -0.160. The highest BCUT2D eigenvalue weighted by Gasteiger charge is 2.14. The number of hydrogen-bond donors (Lipinski definition) is 1. The van der Waals surface area contributed by atoms with Crippen molar-refractivity contribution < 1.29 is 14.2 Å². The van der Waals surface area contributed by atoms with Crippen LogP contribution < -0.4 is 5.32 Å². The van der Waals surface area contributed by atoms with E-state index in [1.54, 1.807) is 0 Å². The van der Waals surface area contributed by atoms with Gasteiger partial charge >= 0.3 is 0 Å². The summed E-state index contributed by atoms with van der Waals surface area (Å²) in [5, 5.41) is 3.51. The van der Waals surface area contributed by atoms with E-state index in [2.05, 4.69) is 5.32 Å². The fourth-order valence-corrected chi connectivity index (χ4v) is 2.39. The Balaban J connectivity index is 1.42. The van der Waals surface area contributed by atoms with Gasteiger partial charge in [0.15, 0.2) is 0 Å². The van der Waals surface area contributed by atoms with E-state index < -0.39 is 0 Å².